The molecule has 0 aliphatic rings. The molecule has 23 heavy (non-hydrogen) atoms. The van der Waals surface area contributed by atoms with Crippen LogP contribution in [-0.4, -0.2) is 5.52 Å². The summed E-state index contributed by atoms with van der Waals surface area (Å²) in [7, 11) is -5.99. The average Bonchev–Trinajstić information content (AvgIpc) is 2.63. The second-order valence-corrected chi connectivity index (χ2v) is 8.50. The molecular formula is C19H15F2OP. The van der Waals surface area contributed by atoms with Gasteiger partial charge in [0, 0.05) is 0 Å². The van der Waals surface area contributed by atoms with Crippen molar-refractivity contribution < 1.29 is 13.2 Å². The Morgan fingerprint density at radius 1 is 0.609 bits per heavy atom. The molecule has 0 bridgehead atoms. The Morgan fingerprint density at radius 3 is 1.35 bits per heavy atom. The van der Waals surface area contributed by atoms with Gasteiger partial charge in [-0.1, -0.05) is 0 Å². The predicted octanol–water partition coefficient (Wildman–Crippen LogP) is 4.80. The van der Waals surface area contributed by atoms with Crippen LogP contribution < -0.4 is 10.6 Å². The molecule has 0 aliphatic carbocycles. The first-order valence-corrected chi connectivity index (χ1v) is 9.21. The predicted molar refractivity (Wildman–Crippen MR) is 92.1 cm³/mol. The Balaban J connectivity index is 2.30. The Morgan fingerprint density at radius 2 is 0.957 bits per heavy atom. The monoisotopic (exact) mass is 328 g/mol. The van der Waals surface area contributed by atoms with Gasteiger partial charge in [-0.2, -0.15) is 0 Å². The summed E-state index contributed by atoms with van der Waals surface area (Å²) in [5.41, 5.74) is -1.07. The van der Waals surface area contributed by atoms with E-state index in [4.69, 9.17) is 0 Å². The van der Waals surface area contributed by atoms with Gasteiger partial charge >= 0.3 is 133 Å². The molecule has 0 N–H and O–H groups in total. The van der Waals surface area contributed by atoms with Crippen molar-refractivity contribution in [3.8, 4) is 0 Å². The number of hydrogen-bond donors (Lipinski definition) is 0. The number of carbonyl (C=O) groups excluding carboxylic acids is 1. The molecule has 0 aliphatic heterocycles. The molecule has 4 heteroatoms. The molecule has 1 nitrogen and oxygen atoms in total. The van der Waals surface area contributed by atoms with Crippen LogP contribution in [0, 0.1) is 0 Å². The Hall–Kier alpha value is -2.38. The van der Waals surface area contributed by atoms with Gasteiger partial charge in [0.1, 0.15) is 0 Å². The van der Waals surface area contributed by atoms with Gasteiger partial charge in [-0.15, -0.1) is 0 Å². The van der Waals surface area contributed by atoms with Crippen LogP contribution in [0.2, 0.25) is 0 Å². The second kappa shape index (κ2) is 5.68. The molecule has 0 heterocycles. The van der Waals surface area contributed by atoms with Crippen LogP contribution >= 0.6 is 7.22 Å². The molecule has 0 saturated carbocycles. The number of benzene rings is 3. The normalized spacial score (nSPS) is 13.0. The molecule has 3 aromatic rings. The van der Waals surface area contributed by atoms with Crippen molar-refractivity contribution in [3.05, 3.63) is 96.6 Å². The van der Waals surface area contributed by atoms with Crippen molar-refractivity contribution in [2.45, 2.75) is 0 Å². The van der Waals surface area contributed by atoms with E-state index in [0.717, 1.165) is 0 Å². The van der Waals surface area contributed by atoms with Crippen molar-refractivity contribution in [2.24, 2.45) is 0 Å². The Kier molecular flexibility index (Phi) is 3.83. The van der Waals surface area contributed by atoms with Gasteiger partial charge in [-0.25, -0.2) is 0 Å². The first-order chi connectivity index (χ1) is 11.0. The minimum atomic E-state index is -5.99. The van der Waals surface area contributed by atoms with E-state index in [2.05, 4.69) is 0 Å². The third-order valence-electron chi connectivity index (χ3n) is 3.80. The molecule has 0 amide bonds. The standard InChI is InChI=1S/C19H15F2OP/c20-23(21,17-12-6-2-7-13-17,18-14-8-3-9-15-18)19(22)16-10-4-1-5-11-16/h1-15H. The third-order valence-corrected chi connectivity index (χ3v) is 7.18. The molecule has 0 unspecified atom stereocenters. The van der Waals surface area contributed by atoms with E-state index in [-0.39, 0.29) is 16.2 Å². The maximum absolute atomic E-state index is 16.1. The molecular weight excluding hydrogens is 313 g/mol. The quantitative estimate of drug-likeness (QED) is 0.629. The molecule has 3 rings (SSSR count). The minimum absolute atomic E-state index is 0.0304. The van der Waals surface area contributed by atoms with Crippen molar-refractivity contribution >= 4 is 23.4 Å². The summed E-state index contributed by atoms with van der Waals surface area (Å²) in [6.07, 6.45) is 0. The van der Waals surface area contributed by atoms with E-state index in [1.165, 1.54) is 60.7 Å². The SMILES string of the molecule is O=C(c1ccccc1)P(F)(F)(c1ccccc1)c1ccccc1. The molecule has 0 saturated heterocycles. The molecule has 0 atom stereocenters. The zero-order chi connectivity index (χ0) is 16.4. The summed E-state index contributed by atoms with van der Waals surface area (Å²) in [6, 6.07) is 22.6. The number of carbonyl (C=O) groups is 1. The van der Waals surface area contributed by atoms with Gasteiger partial charge in [0.2, 0.25) is 0 Å². The summed E-state index contributed by atoms with van der Waals surface area (Å²) in [4.78, 5) is 12.9. The molecule has 0 fully saturated rings. The van der Waals surface area contributed by atoms with Crippen LogP contribution in [0.3, 0.4) is 0 Å². The Labute approximate surface area is 133 Å². The molecule has 3 aromatic carbocycles. The summed E-state index contributed by atoms with van der Waals surface area (Å²) in [6.45, 7) is 0. The Bertz CT molecular complexity index is 774. The second-order valence-electron chi connectivity index (χ2n) is 5.25. The van der Waals surface area contributed by atoms with Crippen LogP contribution in [0.5, 0.6) is 0 Å². The van der Waals surface area contributed by atoms with Gasteiger partial charge in [-0.3, -0.25) is 0 Å². The first-order valence-electron chi connectivity index (χ1n) is 7.20. The van der Waals surface area contributed by atoms with Crippen LogP contribution in [0.4, 0.5) is 8.39 Å². The molecule has 0 radical (unpaired) electrons. The van der Waals surface area contributed by atoms with Gasteiger partial charge in [-0.05, 0) is 0 Å². The van der Waals surface area contributed by atoms with Crippen molar-refractivity contribution in [3.63, 3.8) is 0 Å². The van der Waals surface area contributed by atoms with Crippen LogP contribution in [-0.2, 0) is 0 Å². The van der Waals surface area contributed by atoms with Crippen LogP contribution in [0.25, 0.3) is 0 Å². The molecule has 116 valence electrons. The van der Waals surface area contributed by atoms with E-state index in [9.17, 15) is 4.79 Å². The van der Waals surface area contributed by atoms with E-state index >= 15 is 8.39 Å². The van der Waals surface area contributed by atoms with Gasteiger partial charge in [0.15, 0.2) is 0 Å². The zero-order valence-electron chi connectivity index (χ0n) is 12.3. The number of halogens is 2. The van der Waals surface area contributed by atoms with Crippen LogP contribution in [0.15, 0.2) is 91.0 Å². The summed E-state index contributed by atoms with van der Waals surface area (Å²) in [5, 5.41) is -0.419. The fourth-order valence-corrected chi connectivity index (χ4v) is 5.33. The van der Waals surface area contributed by atoms with Crippen molar-refractivity contribution in [1.82, 2.24) is 0 Å². The van der Waals surface area contributed by atoms with E-state index in [1.54, 1.807) is 30.3 Å². The molecule has 0 aromatic heterocycles. The fourth-order valence-electron chi connectivity index (χ4n) is 2.57. The van der Waals surface area contributed by atoms with Crippen molar-refractivity contribution in [1.29, 1.82) is 0 Å². The van der Waals surface area contributed by atoms with Crippen LogP contribution in [0.1, 0.15) is 10.4 Å². The summed E-state index contributed by atoms with van der Waals surface area (Å²) in [5.74, 6) is 0. The van der Waals surface area contributed by atoms with Crippen molar-refractivity contribution in [2.75, 3.05) is 0 Å². The molecule has 0 spiro atoms. The van der Waals surface area contributed by atoms with Gasteiger partial charge in [0.05, 0.1) is 0 Å². The first kappa shape index (κ1) is 15.5. The topological polar surface area (TPSA) is 17.1 Å². The zero-order valence-corrected chi connectivity index (χ0v) is 13.2. The summed E-state index contributed by atoms with van der Waals surface area (Å²) < 4.78 is 32.3. The van der Waals surface area contributed by atoms with Gasteiger partial charge in [0.25, 0.3) is 0 Å². The van der Waals surface area contributed by atoms with E-state index in [0.29, 0.717) is 0 Å². The van der Waals surface area contributed by atoms with E-state index in [1.807, 2.05) is 0 Å². The number of hydrogen-bond acceptors (Lipinski definition) is 1. The third kappa shape index (κ3) is 2.47. The number of rotatable bonds is 4. The maximum atomic E-state index is 16.1. The van der Waals surface area contributed by atoms with E-state index < -0.39 is 12.7 Å². The van der Waals surface area contributed by atoms with Gasteiger partial charge < -0.3 is 0 Å². The average molecular weight is 328 g/mol. The summed E-state index contributed by atoms with van der Waals surface area (Å²) >= 11 is 0. The fraction of sp³-hybridized carbons (Fsp3) is 0.